The Balaban J connectivity index is 2.09. The summed E-state index contributed by atoms with van der Waals surface area (Å²) in [5.74, 6) is -1.78. The molecule has 104 valence electrons. The van der Waals surface area contributed by atoms with E-state index in [1.165, 1.54) is 6.07 Å². The van der Waals surface area contributed by atoms with E-state index in [1.807, 2.05) is 13.8 Å². The summed E-state index contributed by atoms with van der Waals surface area (Å²) in [6.07, 6.45) is 1.22. The van der Waals surface area contributed by atoms with Gasteiger partial charge in [0.25, 0.3) is 0 Å². The topological polar surface area (TPSA) is 29.5 Å². The van der Waals surface area contributed by atoms with Gasteiger partial charge in [-0.15, -0.1) is 0 Å². The number of carbonyl (C=O) groups is 1. The molecule has 1 aliphatic rings. The molecule has 1 fully saturated rings. The summed E-state index contributed by atoms with van der Waals surface area (Å²) >= 11 is 0. The molecule has 1 aliphatic heterocycles. The van der Waals surface area contributed by atoms with Crippen molar-refractivity contribution in [2.75, 3.05) is 0 Å². The molecule has 0 aromatic heterocycles. The molecule has 1 saturated heterocycles. The molecule has 0 radical (unpaired) electrons. The Morgan fingerprint density at radius 3 is 2.68 bits per heavy atom. The molecule has 19 heavy (non-hydrogen) atoms. The van der Waals surface area contributed by atoms with E-state index in [4.69, 9.17) is 4.74 Å². The van der Waals surface area contributed by atoms with Crippen molar-refractivity contribution < 1.29 is 18.3 Å². The summed E-state index contributed by atoms with van der Waals surface area (Å²) in [7, 11) is 0. The van der Waals surface area contributed by atoms with E-state index < -0.39 is 17.7 Å². The lowest BCUT2D eigenvalue weighted by Gasteiger charge is -2.20. The fourth-order valence-electron chi connectivity index (χ4n) is 2.29. The Labute approximate surface area is 111 Å². The summed E-state index contributed by atoms with van der Waals surface area (Å²) < 4.78 is 31.3. The van der Waals surface area contributed by atoms with Crippen molar-refractivity contribution in [3.05, 3.63) is 35.4 Å². The van der Waals surface area contributed by atoms with Gasteiger partial charge in [-0.2, -0.15) is 0 Å². The molecule has 2 atom stereocenters. The zero-order chi connectivity index (χ0) is 14.0. The molecule has 0 saturated carbocycles. The van der Waals surface area contributed by atoms with Gasteiger partial charge >= 0.3 is 6.09 Å². The highest BCUT2D eigenvalue weighted by atomic mass is 19.2. The van der Waals surface area contributed by atoms with E-state index in [0.717, 1.165) is 25.0 Å². The molecule has 0 unspecified atom stereocenters. The maximum absolute atomic E-state index is 13.1. The van der Waals surface area contributed by atoms with Crippen LogP contribution in [-0.2, 0) is 11.3 Å². The fourth-order valence-corrected chi connectivity index (χ4v) is 2.29. The second kappa shape index (κ2) is 5.55. The van der Waals surface area contributed by atoms with Crippen LogP contribution in [0, 0.1) is 11.6 Å². The van der Waals surface area contributed by atoms with Crippen molar-refractivity contribution in [2.45, 2.75) is 45.4 Å². The minimum atomic E-state index is -0.900. The average molecular weight is 269 g/mol. The lowest BCUT2D eigenvalue weighted by molar-refractivity contribution is 0.125. The molecule has 1 aromatic rings. The number of ether oxygens (including phenoxy) is 1. The first kappa shape index (κ1) is 13.8. The Bertz CT molecular complexity index is 479. The van der Waals surface area contributed by atoms with Crippen molar-refractivity contribution >= 4 is 6.09 Å². The number of halogens is 2. The molecule has 1 heterocycles. The number of cyclic esters (lactones) is 1. The van der Waals surface area contributed by atoms with Gasteiger partial charge in [-0.1, -0.05) is 19.4 Å². The van der Waals surface area contributed by atoms with Crippen LogP contribution < -0.4 is 0 Å². The summed E-state index contributed by atoms with van der Waals surface area (Å²) in [4.78, 5) is 13.3. The van der Waals surface area contributed by atoms with Gasteiger partial charge in [0.15, 0.2) is 11.6 Å². The molecule has 2 rings (SSSR count). The zero-order valence-corrected chi connectivity index (χ0v) is 11.0. The minimum absolute atomic E-state index is 0.0550. The van der Waals surface area contributed by atoms with Crippen LogP contribution in [0.15, 0.2) is 18.2 Å². The van der Waals surface area contributed by atoms with Crippen molar-refractivity contribution in [1.29, 1.82) is 0 Å². The number of hydrogen-bond donors (Lipinski definition) is 0. The first-order valence-corrected chi connectivity index (χ1v) is 6.44. The molecule has 5 heteroatoms. The quantitative estimate of drug-likeness (QED) is 0.837. The van der Waals surface area contributed by atoms with Crippen molar-refractivity contribution in [1.82, 2.24) is 4.90 Å². The second-order valence-corrected chi connectivity index (χ2v) is 4.83. The minimum Gasteiger partial charge on any atom is -0.444 e. The Kier molecular flexibility index (Phi) is 4.02. The molecular weight excluding hydrogens is 252 g/mol. The first-order chi connectivity index (χ1) is 9.02. The Morgan fingerprint density at radius 2 is 2.05 bits per heavy atom. The van der Waals surface area contributed by atoms with Crippen molar-refractivity contribution in [3.8, 4) is 0 Å². The Morgan fingerprint density at radius 1 is 1.32 bits per heavy atom. The van der Waals surface area contributed by atoms with Crippen LogP contribution in [0.25, 0.3) is 0 Å². The molecular formula is C14H17F2NO2. The van der Waals surface area contributed by atoms with E-state index in [9.17, 15) is 13.6 Å². The van der Waals surface area contributed by atoms with E-state index in [-0.39, 0.29) is 18.7 Å². The molecule has 1 amide bonds. The third-order valence-corrected chi connectivity index (χ3v) is 3.43. The monoisotopic (exact) mass is 269 g/mol. The average Bonchev–Trinajstić information content (AvgIpc) is 2.62. The van der Waals surface area contributed by atoms with Crippen LogP contribution in [0.4, 0.5) is 13.6 Å². The lowest BCUT2D eigenvalue weighted by Crippen LogP contribution is -2.33. The van der Waals surface area contributed by atoms with Gasteiger partial charge in [-0.25, -0.2) is 13.6 Å². The van der Waals surface area contributed by atoms with Crippen molar-refractivity contribution in [2.24, 2.45) is 0 Å². The summed E-state index contributed by atoms with van der Waals surface area (Å²) in [5.41, 5.74) is 0.555. The van der Waals surface area contributed by atoms with E-state index in [1.54, 1.807) is 4.90 Å². The van der Waals surface area contributed by atoms with Crippen LogP contribution in [-0.4, -0.2) is 23.1 Å². The van der Waals surface area contributed by atoms with Gasteiger partial charge in [0.2, 0.25) is 0 Å². The van der Waals surface area contributed by atoms with Crippen molar-refractivity contribution in [3.63, 3.8) is 0 Å². The molecule has 1 aromatic carbocycles. The van der Waals surface area contributed by atoms with Gasteiger partial charge in [-0.3, -0.25) is 4.90 Å². The van der Waals surface area contributed by atoms with E-state index >= 15 is 0 Å². The molecule has 0 bridgehead atoms. The maximum atomic E-state index is 13.1. The Hall–Kier alpha value is -1.65. The van der Waals surface area contributed by atoms with Crippen LogP contribution in [0.3, 0.4) is 0 Å². The SMILES string of the molecule is CCC[C@H]1OC(=O)N(Cc2ccc(F)c(F)c2)[C@@H]1C. The van der Waals surface area contributed by atoms with E-state index in [0.29, 0.717) is 5.56 Å². The second-order valence-electron chi connectivity index (χ2n) is 4.83. The highest BCUT2D eigenvalue weighted by Gasteiger charge is 2.37. The molecule has 0 aliphatic carbocycles. The van der Waals surface area contributed by atoms with Gasteiger partial charge in [0.1, 0.15) is 6.10 Å². The number of nitrogens with zero attached hydrogens (tertiary/aromatic N) is 1. The molecule has 3 nitrogen and oxygen atoms in total. The predicted octanol–water partition coefficient (Wildman–Crippen LogP) is 3.47. The number of benzene rings is 1. The standard InChI is InChI=1S/C14H17F2NO2/c1-3-4-13-9(2)17(14(18)19-13)8-10-5-6-11(15)12(16)7-10/h5-7,9,13H,3-4,8H2,1-2H3/t9-,13-/m1/s1. The smallest absolute Gasteiger partial charge is 0.410 e. The summed E-state index contributed by atoms with van der Waals surface area (Å²) in [6.45, 7) is 4.17. The van der Waals surface area contributed by atoms with Gasteiger partial charge < -0.3 is 4.74 Å². The number of carbonyl (C=O) groups excluding carboxylic acids is 1. The van der Waals surface area contributed by atoms with Crippen LogP contribution in [0.1, 0.15) is 32.3 Å². The van der Waals surface area contributed by atoms with Crippen LogP contribution >= 0.6 is 0 Å². The highest BCUT2D eigenvalue weighted by Crippen LogP contribution is 2.25. The molecule has 0 N–H and O–H groups in total. The summed E-state index contributed by atoms with van der Waals surface area (Å²) in [5, 5.41) is 0. The lowest BCUT2D eigenvalue weighted by atomic mass is 10.1. The van der Waals surface area contributed by atoms with Crippen LogP contribution in [0.5, 0.6) is 0 Å². The summed E-state index contributed by atoms with van der Waals surface area (Å²) in [6, 6.07) is 3.61. The zero-order valence-electron chi connectivity index (χ0n) is 11.0. The van der Waals surface area contributed by atoms with E-state index in [2.05, 4.69) is 0 Å². The number of amides is 1. The number of hydrogen-bond acceptors (Lipinski definition) is 2. The normalized spacial score (nSPS) is 22.7. The highest BCUT2D eigenvalue weighted by molar-refractivity contribution is 5.70. The fraction of sp³-hybridized carbons (Fsp3) is 0.500. The van der Waals surface area contributed by atoms with Gasteiger partial charge in [0, 0.05) is 6.54 Å². The predicted molar refractivity (Wildman–Crippen MR) is 66.5 cm³/mol. The maximum Gasteiger partial charge on any atom is 0.410 e. The van der Waals surface area contributed by atoms with Gasteiger partial charge in [-0.05, 0) is 31.0 Å². The third-order valence-electron chi connectivity index (χ3n) is 3.43. The molecule has 0 spiro atoms. The van der Waals surface area contributed by atoms with Gasteiger partial charge in [0.05, 0.1) is 6.04 Å². The number of rotatable bonds is 4. The third kappa shape index (κ3) is 2.85. The first-order valence-electron chi connectivity index (χ1n) is 6.44. The van der Waals surface area contributed by atoms with Crippen LogP contribution in [0.2, 0.25) is 0 Å². The largest absolute Gasteiger partial charge is 0.444 e.